The molecule has 3 heterocycles. The van der Waals surface area contributed by atoms with Crippen LogP contribution in [0.3, 0.4) is 0 Å². The molecular formula is C21H25N5O2. The number of likely N-dealkylation sites (tertiary alicyclic amines) is 1. The lowest BCUT2D eigenvalue weighted by Crippen LogP contribution is -2.28. The van der Waals surface area contributed by atoms with Gasteiger partial charge >= 0.3 is 0 Å². The highest BCUT2D eigenvalue weighted by molar-refractivity contribution is 6.01. The summed E-state index contributed by atoms with van der Waals surface area (Å²) in [7, 11) is 1.88. The molecule has 146 valence electrons. The van der Waals surface area contributed by atoms with Crippen LogP contribution in [-0.4, -0.2) is 45.4 Å². The number of aromatic nitrogens is 3. The molecule has 1 amide bonds. The van der Waals surface area contributed by atoms with Crippen LogP contribution in [0.1, 0.15) is 34.5 Å². The van der Waals surface area contributed by atoms with Crippen molar-refractivity contribution in [3.63, 3.8) is 0 Å². The van der Waals surface area contributed by atoms with Crippen LogP contribution in [-0.2, 0) is 13.5 Å². The Kier molecular flexibility index (Phi) is 5.14. The standard InChI is InChI=1S/C21H25N5O2/c1-15-18(21(27)26-12-6-7-13-26)19(24-28-15)17-14-23-25(2)20(17)22-11-10-16-8-4-3-5-9-16/h3-5,8-9,14,22H,6-7,10-13H2,1-2H3. The molecular weight excluding hydrogens is 354 g/mol. The molecule has 3 aromatic rings. The van der Waals surface area contributed by atoms with Crippen molar-refractivity contribution in [3.8, 4) is 11.3 Å². The number of amides is 1. The smallest absolute Gasteiger partial charge is 0.259 e. The van der Waals surface area contributed by atoms with E-state index in [0.717, 1.165) is 50.3 Å². The molecule has 4 rings (SSSR count). The van der Waals surface area contributed by atoms with Crippen LogP contribution in [0.4, 0.5) is 5.82 Å². The van der Waals surface area contributed by atoms with E-state index in [1.54, 1.807) is 17.8 Å². The number of nitrogens with zero attached hydrogens (tertiary/aromatic N) is 4. The van der Waals surface area contributed by atoms with Crippen LogP contribution >= 0.6 is 0 Å². The molecule has 7 nitrogen and oxygen atoms in total. The van der Waals surface area contributed by atoms with Gasteiger partial charge in [0, 0.05) is 26.7 Å². The molecule has 2 aromatic heterocycles. The van der Waals surface area contributed by atoms with Crippen LogP contribution < -0.4 is 5.32 Å². The number of anilines is 1. The van der Waals surface area contributed by atoms with Gasteiger partial charge in [0.1, 0.15) is 22.8 Å². The fourth-order valence-electron chi connectivity index (χ4n) is 3.68. The van der Waals surface area contributed by atoms with E-state index in [4.69, 9.17) is 4.52 Å². The van der Waals surface area contributed by atoms with Crippen molar-refractivity contribution in [1.29, 1.82) is 0 Å². The lowest BCUT2D eigenvalue weighted by Gasteiger charge is -2.15. The van der Waals surface area contributed by atoms with Gasteiger partial charge in [-0.1, -0.05) is 35.5 Å². The maximum Gasteiger partial charge on any atom is 0.259 e. The highest BCUT2D eigenvalue weighted by Crippen LogP contribution is 2.32. The second-order valence-corrected chi connectivity index (χ2v) is 7.15. The van der Waals surface area contributed by atoms with Gasteiger partial charge in [-0.15, -0.1) is 0 Å². The lowest BCUT2D eigenvalue weighted by atomic mass is 10.1. The van der Waals surface area contributed by atoms with Crippen LogP contribution in [0.5, 0.6) is 0 Å². The molecule has 1 saturated heterocycles. The minimum Gasteiger partial charge on any atom is -0.369 e. The highest BCUT2D eigenvalue weighted by atomic mass is 16.5. The maximum absolute atomic E-state index is 13.0. The van der Waals surface area contributed by atoms with Crippen LogP contribution in [0.25, 0.3) is 11.3 Å². The second kappa shape index (κ2) is 7.88. The van der Waals surface area contributed by atoms with Crippen molar-refractivity contribution in [3.05, 3.63) is 53.4 Å². The Morgan fingerprint density at radius 1 is 1.21 bits per heavy atom. The van der Waals surface area contributed by atoms with Crippen LogP contribution in [0, 0.1) is 6.92 Å². The molecule has 1 aliphatic heterocycles. The minimum absolute atomic E-state index is 0.00895. The Morgan fingerprint density at radius 3 is 2.71 bits per heavy atom. The molecule has 0 unspecified atom stereocenters. The van der Waals surface area contributed by atoms with Gasteiger partial charge in [0.25, 0.3) is 5.91 Å². The Bertz CT molecular complexity index is 955. The Hall–Kier alpha value is -3.09. The quantitative estimate of drug-likeness (QED) is 0.711. The lowest BCUT2D eigenvalue weighted by molar-refractivity contribution is 0.0791. The van der Waals surface area contributed by atoms with E-state index in [9.17, 15) is 4.79 Å². The molecule has 1 aliphatic rings. The van der Waals surface area contributed by atoms with Crippen molar-refractivity contribution in [2.75, 3.05) is 25.0 Å². The van der Waals surface area contributed by atoms with E-state index in [1.165, 1.54) is 5.56 Å². The summed E-state index contributed by atoms with van der Waals surface area (Å²) in [5.74, 6) is 1.37. The molecule has 1 N–H and O–H groups in total. The number of nitrogens with one attached hydrogen (secondary N) is 1. The van der Waals surface area contributed by atoms with Crippen LogP contribution in [0.15, 0.2) is 41.1 Å². The highest BCUT2D eigenvalue weighted by Gasteiger charge is 2.29. The molecule has 0 atom stereocenters. The van der Waals surface area contributed by atoms with Gasteiger partial charge in [-0.25, -0.2) is 0 Å². The number of benzene rings is 1. The molecule has 0 saturated carbocycles. The number of carbonyl (C=O) groups is 1. The van der Waals surface area contributed by atoms with Gasteiger partial charge in [-0.05, 0) is 31.7 Å². The maximum atomic E-state index is 13.0. The van der Waals surface area contributed by atoms with Gasteiger partial charge in [0.15, 0.2) is 0 Å². The summed E-state index contributed by atoms with van der Waals surface area (Å²) in [4.78, 5) is 14.9. The van der Waals surface area contributed by atoms with E-state index in [1.807, 2.05) is 30.1 Å². The first kappa shape index (κ1) is 18.3. The molecule has 0 spiro atoms. The van der Waals surface area contributed by atoms with Crippen LogP contribution in [0.2, 0.25) is 0 Å². The first-order valence-electron chi connectivity index (χ1n) is 9.71. The predicted molar refractivity (Wildman–Crippen MR) is 107 cm³/mol. The zero-order chi connectivity index (χ0) is 19.5. The zero-order valence-corrected chi connectivity index (χ0v) is 16.3. The van der Waals surface area contributed by atoms with E-state index in [2.05, 4.69) is 27.7 Å². The number of hydrogen-bond donors (Lipinski definition) is 1. The topological polar surface area (TPSA) is 76.2 Å². The van der Waals surface area contributed by atoms with Crippen molar-refractivity contribution >= 4 is 11.7 Å². The Labute approximate surface area is 164 Å². The summed E-state index contributed by atoms with van der Waals surface area (Å²) in [6.07, 6.45) is 4.72. The molecule has 1 fully saturated rings. The fraction of sp³-hybridized carbons (Fsp3) is 0.381. The van der Waals surface area contributed by atoms with E-state index in [0.29, 0.717) is 17.0 Å². The van der Waals surface area contributed by atoms with Gasteiger partial charge in [0.2, 0.25) is 0 Å². The van der Waals surface area contributed by atoms with Gasteiger partial charge in [-0.2, -0.15) is 5.10 Å². The summed E-state index contributed by atoms with van der Waals surface area (Å²) in [6.45, 7) is 4.12. The Balaban J connectivity index is 1.58. The van der Waals surface area contributed by atoms with Gasteiger partial charge in [0.05, 0.1) is 11.8 Å². The number of aryl methyl sites for hydroxylation is 2. The average Bonchev–Trinajstić information content (AvgIpc) is 3.44. The van der Waals surface area contributed by atoms with Crippen molar-refractivity contribution in [2.45, 2.75) is 26.2 Å². The third-order valence-electron chi connectivity index (χ3n) is 5.21. The monoisotopic (exact) mass is 379 g/mol. The predicted octanol–water partition coefficient (Wildman–Crippen LogP) is 3.27. The van der Waals surface area contributed by atoms with Gasteiger partial charge in [-0.3, -0.25) is 9.48 Å². The average molecular weight is 379 g/mol. The molecule has 1 aromatic carbocycles. The first-order valence-corrected chi connectivity index (χ1v) is 9.71. The van der Waals surface area contributed by atoms with Crippen molar-refractivity contribution in [2.24, 2.45) is 7.05 Å². The Morgan fingerprint density at radius 2 is 1.96 bits per heavy atom. The number of carbonyl (C=O) groups excluding carboxylic acids is 1. The normalized spacial score (nSPS) is 13.9. The van der Waals surface area contributed by atoms with Gasteiger partial charge < -0.3 is 14.7 Å². The SMILES string of the molecule is Cc1onc(-c2cnn(C)c2NCCc2ccccc2)c1C(=O)N1CCCC1. The third-order valence-corrected chi connectivity index (χ3v) is 5.21. The summed E-state index contributed by atoms with van der Waals surface area (Å²) in [5, 5.41) is 12.0. The second-order valence-electron chi connectivity index (χ2n) is 7.15. The van der Waals surface area contributed by atoms with E-state index >= 15 is 0 Å². The van der Waals surface area contributed by atoms with E-state index in [-0.39, 0.29) is 5.91 Å². The summed E-state index contributed by atoms with van der Waals surface area (Å²) >= 11 is 0. The molecule has 7 heteroatoms. The summed E-state index contributed by atoms with van der Waals surface area (Å²) in [5.41, 5.74) is 3.15. The first-order chi connectivity index (χ1) is 13.6. The molecule has 0 aliphatic carbocycles. The third kappa shape index (κ3) is 3.52. The van der Waals surface area contributed by atoms with E-state index < -0.39 is 0 Å². The molecule has 0 radical (unpaired) electrons. The summed E-state index contributed by atoms with van der Waals surface area (Å²) < 4.78 is 7.18. The molecule has 28 heavy (non-hydrogen) atoms. The summed E-state index contributed by atoms with van der Waals surface area (Å²) in [6, 6.07) is 10.3. The van der Waals surface area contributed by atoms with Crippen molar-refractivity contribution in [1.82, 2.24) is 19.8 Å². The van der Waals surface area contributed by atoms with Crippen molar-refractivity contribution < 1.29 is 9.32 Å². The largest absolute Gasteiger partial charge is 0.369 e. The number of hydrogen-bond acceptors (Lipinski definition) is 5. The number of rotatable bonds is 6. The zero-order valence-electron chi connectivity index (χ0n) is 16.3. The fourth-order valence-corrected chi connectivity index (χ4v) is 3.68. The molecule has 0 bridgehead atoms. The minimum atomic E-state index is -0.00895.